The Labute approximate surface area is 247 Å². The van der Waals surface area contributed by atoms with Crippen LogP contribution in [0.15, 0.2) is 138 Å². The Bertz CT molecular complexity index is 2300. The van der Waals surface area contributed by atoms with Crippen LogP contribution in [0, 0.1) is 6.57 Å². The average molecular weight is 551 g/mol. The van der Waals surface area contributed by atoms with Crippen molar-refractivity contribution in [3.63, 3.8) is 0 Å². The fraction of sp³-hybridized carbons (Fsp3) is 0. The average Bonchev–Trinajstić information content (AvgIpc) is 3.45. The molecule has 43 heavy (non-hydrogen) atoms. The minimum absolute atomic E-state index is 0.567. The van der Waals surface area contributed by atoms with Crippen molar-refractivity contribution in [2.24, 2.45) is 0 Å². The fourth-order valence-electron chi connectivity index (χ4n) is 5.68. The molecule has 5 heteroatoms. The first-order valence-electron chi connectivity index (χ1n) is 14.0. The van der Waals surface area contributed by atoms with Gasteiger partial charge in [-0.3, -0.25) is 0 Å². The standard InChI is InChI=1S/C38H22N4O/c1-39-27-17-19-32-31-18-16-26(22-34(31)43-35(32)23-27)28-20-21-33(30-15-9-8-14-29(28)30)38-41-36(24-10-4-2-5-11-24)40-37(42-38)25-12-6-3-7-13-25/h2-23H. The molecule has 0 saturated carbocycles. The quantitative estimate of drug-likeness (QED) is 0.205. The predicted molar refractivity (Wildman–Crippen MR) is 173 cm³/mol. The van der Waals surface area contributed by atoms with Gasteiger partial charge in [0.25, 0.3) is 0 Å². The monoisotopic (exact) mass is 550 g/mol. The highest BCUT2D eigenvalue weighted by Gasteiger charge is 2.17. The van der Waals surface area contributed by atoms with E-state index in [2.05, 4.69) is 53.4 Å². The van der Waals surface area contributed by atoms with Gasteiger partial charge in [0.05, 0.1) is 6.57 Å². The minimum atomic E-state index is 0.567. The van der Waals surface area contributed by atoms with Crippen molar-refractivity contribution in [1.29, 1.82) is 0 Å². The molecule has 0 spiro atoms. The summed E-state index contributed by atoms with van der Waals surface area (Å²) in [6, 6.07) is 44.5. The van der Waals surface area contributed by atoms with Crippen LogP contribution >= 0.6 is 0 Å². The number of benzene rings is 6. The minimum Gasteiger partial charge on any atom is -0.457 e. The first kappa shape index (κ1) is 24.7. The molecule has 0 amide bonds. The molecule has 0 unspecified atom stereocenters. The van der Waals surface area contributed by atoms with Crippen molar-refractivity contribution >= 4 is 38.4 Å². The van der Waals surface area contributed by atoms with Gasteiger partial charge in [-0.05, 0) is 46.2 Å². The van der Waals surface area contributed by atoms with E-state index in [1.54, 1.807) is 6.07 Å². The summed E-state index contributed by atoms with van der Waals surface area (Å²) in [5.41, 5.74) is 7.03. The molecule has 0 N–H and O–H groups in total. The van der Waals surface area contributed by atoms with E-state index in [1.165, 1.54) is 0 Å². The zero-order chi connectivity index (χ0) is 28.8. The molecule has 200 valence electrons. The molecule has 0 atom stereocenters. The summed E-state index contributed by atoms with van der Waals surface area (Å²) < 4.78 is 6.20. The smallest absolute Gasteiger partial charge is 0.190 e. The third-order valence-electron chi connectivity index (χ3n) is 7.76. The van der Waals surface area contributed by atoms with Crippen LogP contribution < -0.4 is 0 Å². The van der Waals surface area contributed by atoms with E-state index >= 15 is 0 Å². The normalized spacial score (nSPS) is 11.2. The number of aromatic nitrogens is 3. The number of hydrogen-bond donors (Lipinski definition) is 0. The number of furan rings is 1. The molecule has 8 aromatic rings. The van der Waals surface area contributed by atoms with Crippen LogP contribution in [0.4, 0.5) is 5.69 Å². The van der Waals surface area contributed by atoms with Crippen molar-refractivity contribution < 1.29 is 4.42 Å². The molecule has 0 aliphatic heterocycles. The summed E-state index contributed by atoms with van der Waals surface area (Å²) in [6.45, 7) is 7.34. The van der Waals surface area contributed by atoms with Crippen LogP contribution in [0.25, 0.3) is 82.8 Å². The van der Waals surface area contributed by atoms with E-state index in [9.17, 15) is 0 Å². The number of fused-ring (bicyclic) bond motifs is 4. The first-order chi connectivity index (χ1) is 21.2. The molecule has 0 saturated heterocycles. The van der Waals surface area contributed by atoms with Crippen LogP contribution in [0.5, 0.6) is 0 Å². The van der Waals surface area contributed by atoms with Gasteiger partial charge in [-0.1, -0.05) is 109 Å². The summed E-state index contributed by atoms with van der Waals surface area (Å²) in [4.78, 5) is 18.3. The van der Waals surface area contributed by atoms with Crippen molar-refractivity contribution in [1.82, 2.24) is 15.0 Å². The van der Waals surface area contributed by atoms with Crippen molar-refractivity contribution in [3.05, 3.63) is 145 Å². The summed E-state index contributed by atoms with van der Waals surface area (Å²) >= 11 is 0. The van der Waals surface area contributed by atoms with Crippen LogP contribution in [0.1, 0.15) is 0 Å². The van der Waals surface area contributed by atoms with E-state index in [4.69, 9.17) is 25.9 Å². The van der Waals surface area contributed by atoms with Gasteiger partial charge in [0.2, 0.25) is 0 Å². The Morgan fingerprint density at radius 3 is 1.63 bits per heavy atom. The van der Waals surface area contributed by atoms with Crippen molar-refractivity contribution in [2.45, 2.75) is 0 Å². The van der Waals surface area contributed by atoms with Gasteiger partial charge in [0, 0.05) is 27.5 Å². The number of nitrogens with zero attached hydrogens (tertiary/aromatic N) is 4. The Balaban J connectivity index is 1.30. The molecule has 0 bridgehead atoms. The lowest BCUT2D eigenvalue weighted by molar-refractivity contribution is 0.669. The highest BCUT2D eigenvalue weighted by Crippen LogP contribution is 2.38. The Kier molecular flexibility index (Phi) is 5.77. The lowest BCUT2D eigenvalue weighted by Gasteiger charge is -2.13. The molecule has 0 fully saturated rings. The van der Waals surface area contributed by atoms with E-state index in [0.29, 0.717) is 23.2 Å². The number of rotatable bonds is 4. The zero-order valence-corrected chi connectivity index (χ0v) is 22.9. The SMILES string of the molecule is [C-]#[N+]c1ccc2c(c1)oc1cc(-c3ccc(-c4nc(-c5ccccc5)nc(-c5ccccc5)n4)c4ccccc34)ccc12. The largest absolute Gasteiger partial charge is 0.457 e. The number of hydrogen-bond acceptors (Lipinski definition) is 4. The molecule has 2 heterocycles. The van der Waals surface area contributed by atoms with Gasteiger partial charge in [-0.2, -0.15) is 0 Å². The summed E-state index contributed by atoms with van der Waals surface area (Å²) in [5, 5.41) is 4.18. The zero-order valence-electron chi connectivity index (χ0n) is 22.9. The van der Waals surface area contributed by atoms with E-state index in [1.807, 2.05) is 78.9 Å². The van der Waals surface area contributed by atoms with Crippen LogP contribution in [0.2, 0.25) is 0 Å². The third-order valence-corrected chi connectivity index (χ3v) is 7.76. The van der Waals surface area contributed by atoms with Gasteiger partial charge < -0.3 is 4.42 Å². The first-order valence-corrected chi connectivity index (χ1v) is 14.0. The molecule has 8 rings (SSSR count). The maximum absolute atomic E-state index is 7.34. The second-order valence-corrected chi connectivity index (χ2v) is 10.3. The molecule has 0 aliphatic carbocycles. The van der Waals surface area contributed by atoms with Gasteiger partial charge in [-0.25, -0.2) is 19.8 Å². The lowest BCUT2D eigenvalue weighted by atomic mass is 9.94. The molecular formula is C38H22N4O. The highest BCUT2D eigenvalue weighted by molar-refractivity contribution is 6.09. The lowest BCUT2D eigenvalue weighted by Crippen LogP contribution is -2.00. The molecule has 2 aromatic heterocycles. The van der Waals surface area contributed by atoms with Crippen molar-refractivity contribution in [2.75, 3.05) is 0 Å². The summed E-state index contributed by atoms with van der Waals surface area (Å²) in [7, 11) is 0. The highest BCUT2D eigenvalue weighted by atomic mass is 16.3. The maximum Gasteiger partial charge on any atom is 0.190 e. The predicted octanol–water partition coefficient (Wildman–Crippen LogP) is 10.1. The molecule has 0 aliphatic rings. The van der Waals surface area contributed by atoms with Crippen molar-refractivity contribution in [3.8, 4) is 45.3 Å². The summed E-state index contributed by atoms with van der Waals surface area (Å²) in [5.74, 6) is 1.89. The molecular weight excluding hydrogens is 528 g/mol. The Morgan fingerprint density at radius 2 is 0.977 bits per heavy atom. The Hall–Kier alpha value is -6.12. The maximum atomic E-state index is 7.34. The summed E-state index contributed by atoms with van der Waals surface area (Å²) in [6.07, 6.45) is 0. The van der Waals surface area contributed by atoms with Gasteiger partial charge in [0.15, 0.2) is 23.2 Å². The van der Waals surface area contributed by atoms with E-state index in [-0.39, 0.29) is 0 Å². The Morgan fingerprint density at radius 1 is 0.442 bits per heavy atom. The van der Waals surface area contributed by atoms with Gasteiger partial charge >= 0.3 is 0 Å². The third kappa shape index (κ3) is 4.30. The molecule has 0 radical (unpaired) electrons. The molecule has 6 aromatic carbocycles. The van der Waals surface area contributed by atoms with Gasteiger partial charge in [-0.15, -0.1) is 0 Å². The second-order valence-electron chi connectivity index (χ2n) is 10.3. The van der Waals surface area contributed by atoms with Crippen LogP contribution in [0.3, 0.4) is 0 Å². The second kappa shape index (κ2) is 10.1. The van der Waals surface area contributed by atoms with E-state index in [0.717, 1.165) is 60.5 Å². The molecule has 5 nitrogen and oxygen atoms in total. The van der Waals surface area contributed by atoms with Gasteiger partial charge in [0.1, 0.15) is 11.2 Å². The topological polar surface area (TPSA) is 56.2 Å². The fourth-order valence-corrected chi connectivity index (χ4v) is 5.68. The van der Waals surface area contributed by atoms with E-state index < -0.39 is 0 Å². The van der Waals surface area contributed by atoms with Crippen LogP contribution in [-0.2, 0) is 0 Å². The van der Waals surface area contributed by atoms with Crippen LogP contribution in [-0.4, -0.2) is 15.0 Å².